The smallest absolute Gasteiger partial charge is 0.329 e. The van der Waals surface area contributed by atoms with Crippen LogP contribution < -0.4 is 5.32 Å². The van der Waals surface area contributed by atoms with Crippen LogP contribution in [0, 0.1) is 29.6 Å². The Kier molecular flexibility index (Phi) is 8.75. The van der Waals surface area contributed by atoms with Crippen LogP contribution in [0.15, 0.2) is 30.7 Å². The number of allylic oxidation sites excluding steroid dienone is 1. The molecule has 1 unspecified atom stereocenters. The molecule has 0 saturated carbocycles. The number of amides is 2. The third-order valence-electron chi connectivity index (χ3n) is 6.93. The maximum atomic E-state index is 13.7. The van der Waals surface area contributed by atoms with Crippen LogP contribution in [-0.2, 0) is 19.1 Å². The lowest BCUT2D eigenvalue weighted by Crippen LogP contribution is -2.56. The van der Waals surface area contributed by atoms with Crippen molar-refractivity contribution in [1.29, 1.82) is 0 Å². The van der Waals surface area contributed by atoms with Crippen LogP contribution in [0.25, 0.3) is 0 Å². The van der Waals surface area contributed by atoms with Crippen molar-refractivity contribution in [3.63, 3.8) is 0 Å². The van der Waals surface area contributed by atoms with Crippen molar-refractivity contribution in [3.05, 3.63) is 36.4 Å². The Morgan fingerprint density at radius 3 is 2.49 bits per heavy atom. The summed E-state index contributed by atoms with van der Waals surface area (Å²) in [5.41, 5.74) is 0.205. The largest absolute Gasteiger partial charge is 0.464 e. The molecule has 0 radical (unpaired) electrons. The van der Waals surface area contributed by atoms with E-state index in [-0.39, 0.29) is 60.0 Å². The standard InChI is InChI=1S/C26H36N4O5/c1-6-35-26(34)23-18-9-7-8-17(18)14-30(23)25(33)22(16(4)5)29-24(32)19(15(2)3)12-21(31)20-13-27-10-11-28-20/h7-8,10-11,13,15-19,22-23H,6,9,12,14H2,1-5H3,(H,29,32)/t17-,18-,19+,22-,23?/m0/s1. The normalized spacial score (nSPS) is 22.7. The number of hydrogen-bond acceptors (Lipinski definition) is 7. The number of aromatic nitrogens is 2. The maximum absolute atomic E-state index is 13.7. The minimum Gasteiger partial charge on any atom is -0.464 e. The third kappa shape index (κ3) is 5.94. The van der Waals surface area contributed by atoms with Crippen molar-refractivity contribution in [2.24, 2.45) is 29.6 Å². The van der Waals surface area contributed by atoms with Crippen LogP contribution >= 0.6 is 0 Å². The zero-order valence-electron chi connectivity index (χ0n) is 21.1. The van der Waals surface area contributed by atoms with Gasteiger partial charge < -0.3 is 15.0 Å². The van der Waals surface area contributed by atoms with Gasteiger partial charge in [0.15, 0.2) is 5.78 Å². The maximum Gasteiger partial charge on any atom is 0.329 e. The lowest BCUT2D eigenvalue weighted by molar-refractivity contribution is -0.155. The highest BCUT2D eigenvalue weighted by Gasteiger charge is 2.50. The van der Waals surface area contributed by atoms with Crippen LogP contribution in [0.4, 0.5) is 0 Å². The fourth-order valence-corrected chi connectivity index (χ4v) is 4.95. The average Bonchev–Trinajstić information content (AvgIpc) is 3.42. The molecule has 190 valence electrons. The van der Waals surface area contributed by atoms with Crippen LogP contribution in [0.5, 0.6) is 0 Å². The molecule has 1 aliphatic heterocycles. The van der Waals surface area contributed by atoms with Crippen molar-refractivity contribution < 1.29 is 23.9 Å². The predicted octanol–water partition coefficient (Wildman–Crippen LogP) is 2.43. The predicted molar refractivity (Wildman–Crippen MR) is 129 cm³/mol. The number of carbonyl (C=O) groups excluding carboxylic acids is 4. The van der Waals surface area contributed by atoms with Gasteiger partial charge in [0, 0.05) is 43.1 Å². The third-order valence-corrected chi connectivity index (χ3v) is 6.93. The van der Waals surface area contributed by atoms with Gasteiger partial charge in [-0.1, -0.05) is 39.8 Å². The quantitative estimate of drug-likeness (QED) is 0.308. The minimum absolute atomic E-state index is 0.00507. The topological polar surface area (TPSA) is 119 Å². The number of nitrogens with one attached hydrogen (secondary N) is 1. The Balaban J connectivity index is 1.77. The number of fused-ring (bicyclic) bond motifs is 1. The zero-order valence-corrected chi connectivity index (χ0v) is 21.1. The molecule has 2 aliphatic rings. The summed E-state index contributed by atoms with van der Waals surface area (Å²) in [7, 11) is 0. The van der Waals surface area contributed by atoms with E-state index in [9.17, 15) is 19.2 Å². The van der Waals surface area contributed by atoms with Crippen molar-refractivity contribution in [3.8, 4) is 0 Å². The molecule has 9 nitrogen and oxygen atoms in total. The molecule has 1 saturated heterocycles. The highest BCUT2D eigenvalue weighted by molar-refractivity contribution is 5.98. The minimum atomic E-state index is -0.824. The average molecular weight is 485 g/mol. The summed E-state index contributed by atoms with van der Waals surface area (Å²) < 4.78 is 5.29. The van der Waals surface area contributed by atoms with Crippen molar-refractivity contribution in [1.82, 2.24) is 20.2 Å². The molecule has 5 atom stereocenters. The lowest BCUT2D eigenvalue weighted by Gasteiger charge is -2.32. The van der Waals surface area contributed by atoms with Crippen molar-refractivity contribution in [2.45, 2.75) is 59.5 Å². The SMILES string of the molecule is CCOC(=O)C1[C@H]2CC=C[C@H]2CN1C(=O)[C@@H](NC(=O)[C@H](CC(=O)c1cnccn1)C(C)C)C(C)C. The van der Waals surface area contributed by atoms with E-state index in [4.69, 9.17) is 4.74 Å². The van der Waals surface area contributed by atoms with Gasteiger partial charge in [0.25, 0.3) is 0 Å². The highest BCUT2D eigenvalue weighted by Crippen LogP contribution is 2.39. The fourth-order valence-electron chi connectivity index (χ4n) is 4.95. The van der Waals surface area contributed by atoms with E-state index in [0.29, 0.717) is 6.54 Å². The number of ether oxygens (including phenoxy) is 1. The van der Waals surface area contributed by atoms with E-state index < -0.39 is 24.0 Å². The number of ketones is 1. The molecule has 1 aromatic rings. The van der Waals surface area contributed by atoms with Crippen molar-refractivity contribution in [2.75, 3.05) is 13.2 Å². The Hall–Kier alpha value is -3.10. The van der Waals surface area contributed by atoms with Gasteiger partial charge in [0.05, 0.1) is 12.8 Å². The second-order valence-corrected chi connectivity index (χ2v) is 9.98. The van der Waals surface area contributed by atoms with Crippen LogP contribution in [-0.4, -0.2) is 63.7 Å². The zero-order chi connectivity index (χ0) is 25.7. The summed E-state index contributed by atoms with van der Waals surface area (Å²) >= 11 is 0. The molecule has 0 spiro atoms. The van der Waals surface area contributed by atoms with Gasteiger partial charge in [-0.2, -0.15) is 0 Å². The summed E-state index contributed by atoms with van der Waals surface area (Å²) in [4.78, 5) is 62.1. The molecule has 2 heterocycles. The first-order valence-corrected chi connectivity index (χ1v) is 12.4. The molecule has 2 amide bonds. The summed E-state index contributed by atoms with van der Waals surface area (Å²) in [5.74, 6) is -2.23. The van der Waals surface area contributed by atoms with Crippen molar-refractivity contribution >= 4 is 23.6 Å². The van der Waals surface area contributed by atoms with Gasteiger partial charge in [-0.3, -0.25) is 19.4 Å². The Morgan fingerprint density at radius 1 is 1.14 bits per heavy atom. The molecule has 3 rings (SSSR count). The molecule has 0 aromatic carbocycles. The van der Waals surface area contributed by atoms with E-state index >= 15 is 0 Å². The number of hydrogen-bond donors (Lipinski definition) is 1. The molecule has 9 heteroatoms. The monoisotopic (exact) mass is 484 g/mol. The number of esters is 1. The Bertz CT molecular complexity index is 962. The van der Waals surface area contributed by atoms with E-state index in [1.54, 1.807) is 11.8 Å². The van der Waals surface area contributed by atoms with Gasteiger partial charge in [0.2, 0.25) is 11.8 Å². The first-order chi connectivity index (χ1) is 16.6. The van der Waals surface area contributed by atoms with Gasteiger partial charge in [0.1, 0.15) is 17.8 Å². The van der Waals surface area contributed by atoms with Crippen LogP contribution in [0.2, 0.25) is 0 Å². The van der Waals surface area contributed by atoms with E-state index in [1.807, 2.05) is 33.8 Å². The summed E-state index contributed by atoms with van der Waals surface area (Å²) in [6.07, 6.45) is 9.08. The number of rotatable bonds is 10. The van der Waals surface area contributed by atoms with Gasteiger partial charge in [-0.15, -0.1) is 0 Å². The van der Waals surface area contributed by atoms with E-state index in [2.05, 4.69) is 21.4 Å². The van der Waals surface area contributed by atoms with Crippen LogP contribution in [0.3, 0.4) is 0 Å². The molecule has 1 aromatic heterocycles. The summed E-state index contributed by atoms with van der Waals surface area (Å²) in [6, 6.07) is -1.49. The van der Waals surface area contributed by atoms with Gasteiger partial charge in [-0.25, -0.2) is 9.78 Å². The number of Topliss-reactive ketones (excluding diaryl/α,β-unsaturated/α-hetero) is 1. The summed E-state index contributed by atoms with van der Waals surface area (Å²) in [6.45, 7) is 9.84. The van der Waals surface area contributed by atoms with Gasteiger partial charge in [-0.05, 0) is 25.2 Å². The number of carbonyl (C=O) groups is 4. The second kappa shape index (κ2) is 11.6. The van der Waals surface area contributed by atoms with Gasteiger partial charge >= 0.3 is 5.97 Å². The van der Waals surface area contributed by atoms with E-state index in [1.165, 1.54) is 18.6 Å². The molecule has 1 fully saturated rings. The molecular weight excluding hydrogens is 448 g/mol. The van der Waals surface area contributed by atoms with E-state index in [0.717, 1.165) is 6.42 Å². The molecule has 0 bridgehead atoms. The lowest BCUT2D eigenvalue weighted by atomic mass is 9.88. The Labute approximate surface area is 206 Å². The molecular formula is C26H36N4O5. The highest BCUT2D eigenvalue weighted by atomic mass is 16.5. The van der Waals surface area contributed by atoms with Crippen LogP contribution in [0.1, 0.15) is 57.9 Å². The first-order valence-electron chi connectivity index (χ1n) is 12.4. The Morgan fingerprint density at radius 2 is 1.89 bits per heavy atom. The first kappa shape index (κ1) is 26.5. The number of likely N-dealkylation sites (tertiary alicyclic amines) is 1. The summed E-state index contributed by atoms with van der Waals surface area (Å²) in [5, 5.41) is 2.90. The second-order valence-electron chi connectivity index (χ2n) is 9.98. The fraction of sp³-hybridized carbons (Fsp3) is 0.615. The molecule has 1 N–H and O–H groups in total. The number of nitrogens with zero attached hydrogens (tertiary/aromatic N) is 3. The molecule has 1 aliphatic carbocycles. The molecule has 35 heavy (non-hydrogen) atoms.